The Hall–Kier alpha value is -2.85. The molecule has 4 nitrogen and oxygen atoms in total. The summed E-state index contributed by atoms with van der Waals surface area (Å²) in [6.07, 6.45) is 1.67. The number of hydrogen-bond acceptors (Lipinski definition) is 2. The lowest BCUT2D eigenvalue weighted by Gasteiger charge is -2.10. The predicted molar refractivity (Wildman–Crippen MR) is 90.1 cm³/mol. The zero-order valence-corrected chi connectivity index (χ0v) is 12.8. The largest absolute Gasteiger partial charge is 0.359 e. The highest BCUT2D eigenvalue weighted by Gasteiger charge is 2.17. The van der Waals surface area contributed by atoms with E-state index in [2.05, 4.69) is 10.3 Å². The molecule has 1 aromatic heterocycles. The first kappa shape index (κ1) is 15.1. The second kappa shape index (κ2) is 6.50. The van der Waals surface area contributed by atoms with Crippen molar-refractivity contribution in [2.45, 2.75) is 0 Å². The lowest BCUT2D eigenvalue weighted by atomic mass is 10.1. The molecule has 0 fully saturated rings. The summed E-state index contributed by atoms with van der Waals surface area (Å²) >= 11 is 6.00. The Balaban J connectivity index is 1.94. The molecular formula is C18H13ClN2O2. The Bertz CT molecular complexity index is 843. The predicted octanol–water partition coefficient (Wildman–Crippen LogP) is 4.15. The van der Waals surface area contributed by atoms with E-state index in [4.69, 9.17) is 11.6 Å². The highest BCUT2D eigenvalue weighted by atomic mass is 35.5. The Kier molecular flexibility index (Phi) is 4.26. The molecule has 1 amide bonds. The van der Waals surface area contributed by atoms with Gasteiger partial charge in [0.25, 0.3) is 5.91 Å². The summed E-state index contributed by atoms with van der Waals surface area (Å²) in [5, 5.41) is 3.19. The van der Waals surface area contributed by atoms with Gasteiger partial charge in [0.15, 0.2) is 0 Å². The lowest BCUT2D eigenvalue weighted by Crippen LogP contribution is -2.15. The van der Waals surface area contributed by atoms with Gasteiger partial charge in [-0.3, -0.25) is 9.59 Å². The molecule has 0 saturated carbocycles. The van der Waals surface area contributed by atoms with Crippen LogP contribution in [0.25, 0.3) is 0 Å². The zero-order valence-electron chi connectivity index (χ0n) is 12.0. The Morgan fingerprint density at radius 2 is 1.74 bits per heavy atom. The van der Waals surface area contributed by atoms with Crippen molar-refractivity contribution in [3.8, 4) is 0 Å². The fourth-order valence-electron chi connectivity index (χ4n) is 2.21. The number of aromatic nitrogens is 1. The average molecular weight is 325 g/mol. The molecule has 5 heteroatoms. The van der Waals surface area contributed by atoms with Crippen molar-refractivity contribution in [2.24, 2.45) is 0 Å². The van der Waals surface area contributed by atoms with Crippen molar-refractivity contribution in [1.82, 2.24) is 4.98 Å². The van der Waals surface area contributed by atoms with Crippen molar-refractivity contribution in [3.63, 3.8) is 0 Å². The molecule has 0 bridgehead atoms. The van der Waals surface area contributed by atoms with Gasteiger partial charge in [0.05, 0.1) is 11.4 Å². The molecule has 0 aliphatic carbocycles. The minimum atomic E-state index is -0.284. The SMILES string of the molecule is O=C(Nc1ccc(Cl)cc1C(=O)c1ccc[nH]1)c1ccccc1. The van der Waals surface area contributed by atoms with E-state index >= 15 is 0 Å². The number of anilines is 1. The molecule has 0 unspecified atom stereocenters. The molecule has 0 saturated heterocycles. The van der Waals surface area contributed by atoms with Gasteiger partial charge in [0.1, 0.15) is 0 Å². The van der Waals surface area contributed by atoms with Gasteiger partial charge >= 0.3 is 0 Å². The summed E-state index contributed by atoms with van der Waals surface area (Å²) < 4.78 is 0. The van der Waals surface area contributed by atoms with Crippen molar-refractivity contribution < 1.29 is 9.59 Å². The second-order valence-electron chi connectivity index (χ2n) is 4.92. The molecule has 3 rings (SSSR count). The number of nitrogens with one attached hydrogen (secondary N) is 2. The van der Waals surface area contributed by atoms with Crippen LogP contribution in [0.1, 0.15) is 26.4 Å². The van der Waals surface area contributed by atoms with Crippen molar-refractivity contribution >= 4 is 29.0 Å². The Morgan fingerprint density at radius 3 is 2.43 bits per heavy atom. The maximum absolute atomic E-state index is 12.6. The smallest absolute Gasteiger partial charge is 0.255 e. The van der Waals surface area contributed by atoms with E-state index < -0.39 is 0 Å². The first-order chi connectivity index (χ1) is 11.1. The number of benzene rings is 2. The molecule has 0 atom stereocenters. The molecule has 114 valence electrons. The van der Waals surface area contributed by atoms with Gasteiger partial charge in [-0.2, -0.15) is 0 Å². The maximum atomic E-state index is 12.6. The van der Waals surface area contributed by atoms with Crippen LogP contribution in [0, 0.1) is 0 Å². The first-order valence-electron chi connectivity index (χ1n) is 6.99. The van der Waals surface area contributed by atoms with Crippen LogP contribution in [0.2, 0.25) is 5.02 Å². The van der Waals surface area contributed by atoms with Gasteiger partial charge in [-0.25, -0.2) is 0 Å². The summed E-state index contributed by atoms with van der Waals surface area (Å²) in [6, 6.07) is 17.0. The molecule has 3 aromatic rings. The summed E-state index contributed by atoms with van der Waals surface area (Å²) in [4.78, 5) is 27.7. The maximum Gasteiger partial charge on any atom is 0.255 e. The first-order valence-corrected chi connectivity index (χ1v) is 7.37. The molecule has 0 aliphatic heterocycles. The highest BCUT2D eigenvalue weighted by Crippen LogP contribution is 2.24. The summed E-state index contributed by atoms with van der Waals surface area (Å²) in [5.41, 5.74) is 1.70. The molecule has 0 spiro atoms. The van der Waals surface area contributed by atoms with Gasteiger partial charge in [0, 0.05) is 22.3 Å². The van der Waals surface area contributed by atoms with Crippen LogP contribution in [0.3, 0.4) is 0 Å². The fourth-order valence-corrected chi connectivity index (χ4v) is 2.39. The minimum Gasteiger partial charge on any atom is -0.359 e. The van der Waals surface area contributed by atoms with Gasteiger partial charge < -0.3 is 10.3 Å². The number of hydrogen-bond donors (Lipinski definition) is 2. The van der Waals surface area contributed by atoms with Crippen molar-refractivity contribution in [1.29, 1.82) is 0 Å². The van der Waals surface area contributed by atoms with Crippen LogP contribution in [0.5, 0.6) is 0 Å². The molecule has 23 heavy (non-hydrogen) atoms. The number of carbonyl (C=O) groups is 2. The topological polar surface area (TPSA) is 62.0 Å². The Morgan fingerprint density at radius 1 is 0.957 bits per heavy atom. The van der Waals surface area contributed by atoms with Crippen LogP contribution in [-0.4, -0.2) is 16.7 Å². The number of carbonyl (C=O) groups excluding carboxylic acids is 2. The average Bonchev–Trinajstić information content (AvgIpc) is 3.11. The third-order valence-electron chi connectivity index (χ3n) is 3.35. The number of amides is 1. The van der Waals surface area contributed by atoms with Crippen LogP contribution in [0.4, 0.5) is 5.69 Å². The molecular weight excluding hydrogens is 312 g/mol. The standard InChI is InChI=1S/C18H13ClN2O2/c19-13-8-9-15(21-18(23)12-5-2-1-3-6-12)14(11-13)17(22)16-7-4-10-20-16/h1-11,20H,(H,21,23). The third kappa shape index (κ3) is 3.33. The van der Waals surface area contributed by atoms with E-state index in [1.165, 1.54) is 0 Å². The van der Waals surface area contributed by atoms with Gasteiger partial charge in [-0.1, -0.05) is 29.8 Å². The van der Waals surface area contributed by atoms with E-state index in [9.17, 15) is 9.59 Å². The molecule has 0 aliphatic rings. The molecule has 2 aromatic carbocycles. The number of H-pyrrole nitrogens is 1. The number of ketones is 1. The summed E-state index contributed by atoms with van der Waals surface area (Å²) in [7, 11) is 0. The number of rotatable bonds is 4. The zero-order chi connectivity index (χ0) is 16.2. The Labute approximate surface area is 138 Å². The van der Waals surface area contributed by atoms with Crippen LogP contribution < -0.4 is 5.32 Å². The second-order valence-corrected chi connectivity index (χ2v) is 5.36. The number of aromatic amines is 1. The lowest BCUT2D eigenvalue weighted by molar-refractivity contribution is 0.102. The van der Waals surface area contributed by atoms with Gasteiger partial charge in [-0.05, 0) is 42.5 Å². The van der Waals surface area contributed by atoms with Gasteiger partial charge in [0.2, 0.25) is 5.78 Å². The van der Waals surface area contributed by atoms with Crippen LogP contribution in [-0.2, 0) is 0 Å². The molecule has 0 radical (unpaired) electrons. The normalized spacial score (nSPS) is 10.3. The van der Waals surface area contributed by atoms with Gasteiger partial charge in [-0.15, -0.1) is 0 Å². The van der Waals surface area contributed by atoms with Crippen molar-refractivity contribution in [2.75, 3.05) is 5.32 Å². The van der Waals surface area contributed by atoms with E-state index in [-0.39, 0.29) is 11.7 Å². The minimum absolute atomic E-state index is 0.235. The van der Waals surface area contributed by atoms with Crippen LogP contribution in [0.15, 0.2) is 66.9 Å². The monoisotopic (exact) mass is 324 g/mol. The molecule has 1 heterocycles. The fraction of sp³-hybridized carbons (Fsp3) is 0. The van der Waals surface area contributed by atoms with E-state index in [1.807, 2.05) is 6.07 Å². The van der Waals surface area contributed by atoms with Crippen molar-refractivity contribution in [3.05, 3.63) is 88.7 Å². The van der Waals surface area contributed by atoms with E-state index in [0.29, 0.717) is 27.5 Å². The summed E-state index contributed by atoms with van der Waals surface area (Å²) in [5.74, 6) is -0.519. The summed E-state index contributed by atoms with van der Waals surface area (Å²) in [6.45, 7) is 0. The number of halogens is 1. The van der Waals surface area contributed by atoms with E-state index in [0.717, 1.165) is 0 Å². The molecule has 2 N–H and O–H groups in total. The third-order valence-corrected chi connectivity index (χ3v) is 3.59. The quantitative estimate of drug-likeness (QED) is 0.708. The van der Waals surface area contributed by atoms with E-state index in [1.54, 1.807) is 60.8 Å². The van der Waals surface area contributed by atoms with Crippen LogP contribution >= 0.6 is 11.6 Å². The highest BCUT2D eigenvalue weighted by molar-refractivity contribution is 6.31.